The van der Waals surface area contributed by atoms with Crippen LogP contribution in [0, 0.1) is 33.7 Å². The lowest BCUT2D eigenvalue weighted by Gasteiger charge is -2.55. The van der Waals surface area contributed by atoms with Crippen molar-refractivity contribution in [2.24, 2.45) is 16.2 Å². The number of rotatable bonds is 4. The van der Waals surface area contributed by atoms with E-state index in [1.165, 1.54) is 14.7 Å². The number of barbiturate groups is 3. The first-order chi connectivity index (χ1) is 50.4. The van der Waals surface area contributed by atoms with E-state index >= 15 is 13.2 Å². The lowest BCUT2D eigenvalue weighted by Crippen LogP contribution is -2.75. The predicted molar refractivity (Wildman–Crippen MR) is 368 cm³/mol. The molecule has 18 rings (SSSR count). The number of halogens is 4. The number of hydrogen-bond acceptors (Lipinski definition) is 27. The van der Waals surface area contributed by atoms with Crippen molar-refractivity contribution in [3.05, 3.63) is 52.3 Å². The Kier molecular flexibility index (Phi) is 16.8. The van der Waals surface area contributed by atoms with Crippen molar-refractivity contribution in [3.8, 4) is 0 Å². The lowest BCUT2D eigenvalue weighted by atomic mass is 9.66. The number of benzene rings is 3. The van der Waals surface area contributed by atoms with Gasteiger partial charge < -0.3 is 42.5 Å². The quantitative estimate of drug-likeness (QED) is 0.0909. The molecule has 0 bridgehead atoms. The van der Waals surface area contributed by atoms with Crippen LogP contribution >= 0.6 is 35.3 Å². The van der Waals surface area contributed by atoms with E-state index in [0.29, 0.717) is 28.2 Å². The summed E-state index contributed by atoms with van der Waals surface area (Å²) in [6.45, 7) is 14.2. The molecule has 40 heteroatoms. The van der Waals surface area contributed by atoms with Gasteiger partial charge in [0.05, 0.1) is 93.2 Å². The molecule has 0 saturated carbocycles. The maximum Gasteiger partial charge on any atom is 0.328 e. The second-order valence-corrected chi connectivity index (χ2v) is 31.7. The highest BCUT2D eigenvalue weighted by Crippen LogP contribution is 2.55. The molecule has 3 aromatic heterocycles. The van der Waals surface area contributed by atoms with Gasteiger partial charge in [-0.25, -0.2) is 31.9 Å². The molecule has 558 valence electrons. The minimum Gasteiger partial charge on any atom is -0.372 e. The highest BCUT2D eigenvalue weighted by atomic mass is 32.2. The molecule has 3 spiro atoms. The van der Waals surface area contributed by atoms with Gasteiger partial charge in [-0.05, 0) is 90.3 Å². The number of ether oxygens (including phenoxy) is 3. The molecule has 9 fully saturated rings. The fourth-order valence-electron chi connectivity index (χ4n) is 17.7. The Hall–Kier alpha value is -9.64. The molecule has 15 heterocycles. The molecular formula is C66H65F4N15O18S3. The van der Waals surface area contributed by atoms with E-state index < -0.39 is 141 Å². The summed E-state index contributed by atoms with van der Waals surface area (Å²) >= 11 is 3.10. The summed E-state index contributed by atoms with van der Waals surface area (Å²) in [6.07, 6.45) is -3.49. The van der Waals surface area contributed by atoms with Crippen molar-refractivity contribution < 1.29 is 103 Å². The minimum absolute atomic E-state index is 0.0350. The molecule has 6 N–H and O–H groups in total. The first kappa shape index (κ1) is 70.7. The molecule has 12 aliphatic heterocycles. The predicted octanol–water partition coefficient (Wildman–Crippen LogP) is 5.71. The Morgan fingerprint density at radius 1 is 0.443 bits per heavy atom. The Bertz CT molecular complexity index is 4700. The second-order valence-electron chi connectivity index (χ2n) is 28.5. The van der Waals surface area contributed by atoms with Crippen LogP contribution in [-0.4, -0.2) is 201 Å². The number of thioether (sulfide) groups is 3. The average Bonchev–Trinajstić information content (AvgIpc) is 1.01. The van der Waals surface area contributed by atoms with E-state index in [0.717, 1.165) is 35.3 Å². The second kappa shape index (κ2) is 25.3. The van der Waals surface area contributed by atoms with E-state index in [1.807, 2.05) is 27.7 Å². The van der Waals surface area contributed by atoms with Crippen molar-refractivity contribution in [2.75, 3.05) is 73.8 Å². The van der Waals surface area contributed by atoms with E-state index in [4.69, 9.17) is 27.8 Å². The number of morpholine rings is 3. The topological polar surface area (TPSA) is 402 Å². The summed E-state index contributed by atoms with van der Waals surface area (Å²) in [5.41, 5.74) is -4.05. The Balaban J connectivity index is 0.000000122. The number of imide groups is 6. The first-order valence-electron chi connectivity index (χ1n) is 34.0. The van der Waals surface area contributed by atoms with E-state index in [-0.39, 0.29) is 154 Å². The van der Waals surface area contributed by atoms with Gasteiger partial charge in [0.2, 0.25) is 52.2 Å². The normalized spacial score (nSPS) is 29.8. The molecular weight excluding hydrogens is 1460 g/mol. The third-order valence-corrected chi connectivity index (χ3v) is 25.0. The standard InChI is InChI=1S/C22H21F2N5O6S.2C22H22FN5O6S/c1-8-6-28-14-10(4-22(16(28)9(2)34-8)18(30)25-20(32)26-19(22)31)3-12-15(13(14)24)35-27-17(12)29-7-11(5-23)36-21(29)33;2*1-8-7-35-21(32)28(8)17-12-4-11-5-22(18(29)24-20(31)25-19(22)30)16-10(3)33-9(2)6-27(16)14(11)13(23)15(12)34-26-17/h3,8-9,11,16H,4-7H2,1-2H3,(H2,25,26,30,31,32);2*4,8-10,16H,5-7H2,1-3H3,(H2,24,25,29,30,31)/t8-,9+,11+,16-;8-,9+,10-,16+;8-,9-,10+,16-/m101/s1. The Labute approximate surface area is 608 Å². The summed E-state index contributed by atoms with van der Waals surface area (Å²) in [6, 6.07) is -0.924. The van der Waals surface area contributed by atoms with Gasteiger partial charge in [-0.2, -0.15) is 0 Å². The molecule has 12 atom stereocenters. The van der Waals surface area contributed by atoms with E-state index in [1.54, 1.807) is 60.6 Å². The molecule has 0 unspecified atom stereocenters. The molecule has 3 aromatic carbocycles. The van der Waals surface area contributed by atoms with E-state index in [2.05, 4.69) is 47.4 Å². The van der Waals surface area contributed by atoms with Gasteiger partial charge in [-0.1, -0.05) is 50.8 Å². The zero-order valence-corrected chi connectivity index (χ0v) is 59.8. The van der Waals surface area contributed by atoms with Crippen molar-refractivity contribution in [2.45, 2.75) is 147 Å². The minimum atomic E-state index is -1.78. The highest BCUT2D eigenvalue weighted by Gasteiger charge is 2.67. The van der Waals surface area contributed by atoms with Crippen LogP contribution in [0.25, 0.3) is 32.9 Å². The third kappa shape index (κ3) is 10.3. The van der Waals surface area contributed by atoms with Gasteiger partial charge in [0, 0.05) is 69.0 Å². The zero-order chi connectivity index (χ0) is 75.1. The average molecular weight is 1530 g/mol. The summed E-state index contributed by atoms with van der Waals surface area (Å²) in [5, 5.41) is 24.4. The number of carbonyl (C=O) groups excluding carboxylic acids is 12. The lowest BCUT2D eigenvalue weighted by molar-refractivity contribution is -0.154. The first-order valence-corrected chi connectivity index (χ1v) is 36.8. The van der Waals surface area contributed by atoms with Gasteiger partial charge in [0.1, 0.15) is 6.67 Å². The number of urea groups is 3. The Morgan fingerprint density at radius 3 is 1.03 bits per heavy atom. The van der Waals surface area contributed by atoms with Crippen LogP contribution in [0.5, 0.6) is 0 Å². The highest BCUT2D eigenvalue weighted by molar-refractivity contribution is 8.15. The van der Waals surface area contributed by atoms with Crippen molar-refractivity contribution >= 4 is 172 Å². The van der Waals surface area contributed by atoms with Gasteiger partial charge in [0.15, 0.2) is 51.2 Å². The molecule has 9 saturated heterocycles. The SMILES string of the molecule is C[C@@H]1CN2c3c(cc4c(N5C(=O)SC[C@@H]5C)noc4c3F)CC3(C(=O)NC(=O)NC3=O)[C@H]2[C@H](C)O1.C[C@@H]1CN2c3c(cc4c(N5C(=O)SC[C@H]5C)noc4c3F)CC3(C(=O)NC(=O)NC3=O)[C@H]2[C@H](C)O1.C[C@@H]1CN2c3c(cc4c(N5C[C@H](CF)SC5=O)noc4c3F)CC3(C(=O)NC(=O)NC3=O)[C@H]2[C@H](C)O1. The Morgan fingerprint density at radius 2 is 0.745 bits per heavy atom. The number of amides is 15. The molecule has 0 aliphatic carbocycles. The summed E-state index contributed by atoms with van der Waals surface area (Å²) in [4.78, 5) is 162. The zero-order valence-electron chi connectivity index (χ0n) is 57.3. The van der Waals surface area contributed by atoms with Crippen molar-refractivity contribution in [1.82, 2.24) is 47.4 Å². The number of nitrogens with zero attached hydrogens (tertiary/aromatic N) is 9. The maximum atomic E-state index is 16.1. The van der Waals surface area contributed by atoms with Gasteiger partial charge in [-0.3, -0.25) is 89.8 Å². The van der Waals surface area contributed by atoms with Crippen LogP contribution in [0.4, 0.5) is 80.8 Å². The van der Waals surface area contributed by atoms with Crippen LogP contribution in [0.2, 0.25) is 0 Å². The summed E-state index contributed by atoms with van der Waals surface area (Å²) in [7, 11) is 0. The summed E-state index contributed by atoms with van der Waals surface area (Å²) in [5.74, 6) is -5.23. The molecule has 12 aliphatic rings. The van der Waals surface area contributed by atoms with Crippen LogP contribution in [0.1, 0.15) is 72.1 Å². The van der Waals surface area contributed by atoms with Crippen molar-refractivity contribution in [1.29, 1.82) is 0 Å². The molecule has 15 amide bonds. The van der Waals surface area contributed by atoms with Crippen LogP contribution in [-0.2, 0) is 62.2 Å². The largest absolute Gasteiger partial charge is 0.372 e. The van der Waals surface area contributed by atoms with E-state index in [9.17, 15) is 61.9 Å². The molecule has 0 radical (unpaired) electrons. The number of carbonyl (C=O) groups is 12. The fourth-order valence-corrected chi connectivity index (χ4v) is 20.5. The maximum absolute atomic E-state index is 16.1. The number of fused-ring (bicyclic) bond motifs is 15. The number of anilines is 6. The number of nitrogens with one attached hydrogen (secondary N) is 6. The molecule has 106 heavy (non-hydrogen) atoms. The van der Waals surface area contributed by atoms with Crippen LogP contribution in [0.15, 0.2) is 31.8 Å². The van der Waals surface area contributed by atoms with Gasteiger partial charge in [0.25, 0.3) is 15.7 Å². The van der Waals surface area contributed by atoms with Gasteiger partial charge in [-0.15, -0.1) is 0 Å². The van der Waals surface area contributed by atoms with Crippen molar-refractivity contribution in [3.63, 3.8) is 0 Å². The molecule has 6 aromatic rings. The fraction of sp³-hybridized carbons (Fsp3) is 0.500. The number of hydrogen-bond donors (Lipinski definition) is 6. The van der Waals surface area contributed by atoms with Crippen LogP contribution in [0.3, 0.4) is 0 Å². The smallest absolute Gasteiger partial charge is 0.328 e. The van der Waals surface area contributed by atoms with Gasteiger partial charge >= 0.3 is 18.1 Å². The summed E-state index contributed by atoms with van der Waals surface area (Å²) < 4.78 is 95.4. The molecule has 33 nitrogen and oxygen atoms in total. The number of aromatic nitrogens is 3. The van der Waals surface area contributed by atoms with Crippen LogP contribution < -0.4 is 61.3 Å². The number of alkyl halides is 1. The monoisotopic (exact) mass is 1530 g/mol. The third-order valence-electron chi connectivity index (χ3n) is 21.8.